The van der Waals surface area contributed by atoms with Crippen LogP contribution in [0.15, 0.2) is 0 Å². The van der Waals surface area contributed by atoms with Gasteiger partial charge in [-0.2, -0.15) is 0 Å². The van der Waals surface area contributed by atoms with Gasteiger partial charge in [-0.15, -0.1) is 0 Å². The molecule has 0 saturated carbocycles. The lowest BCUT2D eigenvalue weighted by Gasteiger charge is -2.42. The molecule has 3 saturated heterocycles. The standard InChI is InChI=1S/C70H126N11O33P/c1-44(85)78-58-64(99)61(96)47(38-82)112-67(58)108-31-10-18-51(89)72-25-13-28-75-54(92)21-35-105-41-70(81-57(95)17-9-16-50(88)71-24-7-5-6-8-34-111-115(102,103)104-4,42-106-36-22-55(93)76-29-14-26-73-52(90)19-11-32-109-68-59(79-45(2)86)65(100)62(97)48(39-83)113-68)43-107-37-23-56(94)77-30-15-27-74-53(91)20-12-33-110-69-60(80-46(3)87)66(101)63(98)49(40-84)114-69/h47-49,58-69,82-84,96-101H,5-43H2,1-4H3,(H,71,88)(H,72,89)(H,73,90)(H,74,91)(H,75,92)(H,76,93)(H,77,94)(H,78,85)(H,79,86)(H,80,87)(H,81,95)(H,102,103)/p-1/t47?,48?,49?,58?,59?,60?,61-,62-,63-,64-,65-,66-,67-,68-,69-,70?/m1/s1. The molecule has 3 aliphatic heterocycles. The molecular weight excluding hydrogens is 1550 g/mol. The third kappa shape index (κ3) is 43.2. The Morgan fingerprint density at radius 1 is 0.357 bits per heavy atom. The van der Waals surface area contributed by atoms with Crippen LogP contribution in [0.5, 0.6) is 0 Å². The van der Waals surface area contributed by atoms with E-state index >= 15 is 0 Å². The lowest BCUT2D eigenvalue weighted by Crippen LogP contribution is -2.64. The van der Waals surface area contributed by atoms with Crippen molar-refractivity contribution in [2.75, 3.05) is 139 Å². The van der Waals surface area contributed by atoms with Crippen LogP contribution in [-0.2, 0) is 109 Å². The summed E-state index contributed by atoms with van der Waals surface area (Å²) in [5.41, 5.74) is -1.56. The first-order valence-corrected chi connectivity index (χ1v) is 40.3. The number of aliphatic hydroxyl groups is 9. The van der Waals surface area contributed by atoms with E-state index in [1.807, 2.05) is 0 Å². The monoisotopic (exact) mass is 1680 g/mol. The first-order chi connectivity index (χ1) is 54.9. The summed E-state index contributed by atoms with van der Waals surface area (Å²) in [7, 11) is -3.34. The first kappa shape index (κ1) is 103. The lowest BCUT2D eigenvalue weighted by atomic mass is 9.97. The average molecular weight is 1680 g/mol. The van der Waals surface area contributed by atoms with Crippen LogP contribution in [0.25, 0.3) is 0 Å². The van der Waals surface area contributed by atoms with Crippen LogP contribution in [0.2, 0.25) is 0 Å². The molecule has 11 amide bonds. The second-order valence-corrected chi connectivity index (χ2v) is 29.2. The summed E-state index contributed by atoms with van der Waals surface area (Å²) >= 11 is 0. The highest BCUT2D eigenvalue weighted by Crippen LogP contribution is 2.37. The molecule has 0 bridgehead atoms. The zero-order valence-corrected chi connectivity index (χ0v) is 66.9. The van der Waals surface area contributed by atoms with Gasteiger partial charge in [0.2, 0.25) is 65.0 Å². The average Bonchev–Trinajstić information content (AvgIpc) is 0.814. The summed E-state index contributed by atoms with van der Waals surface area (Å²) in [6.45, 7) is 1.10. The molecule has 0 aromatic carbocycles. The topological polar surface area (TPSA) is 644 Å². The summed E-state index contributed by atoms with van der Waals surface area (Å²) in [4.78, 5) is 151. The first-order valence-electron chi connectivity index (χ1n) is 38.8. The molecule has 20 N–H and O–H groups in total. The highest BCUT2D eigenvalue weighted by molar-refractivity contribution is 7.45. The van der Waals surface area contributed by atoms with Crippen molar-refractivity contribution in [3.63, 3.8) is 0 Å². The zero-order valence-electron chi connectivity index (χ0n) is 66.0. The Kier molecular flexibility index (Phi) is 52.2. The minimum atomic E-state index is -4.34. The maximum atomic E-state index is 13.9. The van der Waals surface area contributed by atoms with E-state index in [-0.39, 0.29) is 206 Å². The summed E-state index contributed by atoms with van der Waals surface area (Å²) in [5, 5.41) is 120. The number of nitrogens with one attached hydrogen (secondary N) is 11. The molecule has 7 unspecified atom stereocenters. The van der Waals surface area contributed by atoms with Gasteiger partial charge in [0, 0.05) is 125 Å². The van der Waals surface area contributed by atoms with Crippen molar-refractivity contribution >= 4 is 72.8 Å². The molecule has 0 aliphatic carbocycles. The molecular formula is C70H125N11O33P-. The SMILES string of the molecule is COP(=O)([O-])OCCCCCCNC(=O)CCCC(=O)NC(COCCC(=O)NCCCNC(=O)CCCO[C@@H]1OC(CO)[C@@H](O)[C@H](O)C1NC(C)=O)(COCCC(=O)NCCCNC(=O)CCCO[C@@H]1OC(CO)[C@@H](O)[C@H](O)C1NC(C)=O)COCCC(=O)NCCCNC(=O)CCCO[C@@H]1OC(CO)[C@@H](O)[C@H](O)C1NC(C)=O. The quantitative estimate of drug-likeness (QED) is 0.0199. The Hall–Kier alpha value is -6.44. The van der Waals surface area contributed by atoms with Gasteiger partial charge in [0.1, 0.15) is 78.6 Å². The van der Waals surface area contributed by atoms with E-state index in [9.17, 15) is 108 Å². The minimum Gasteiger partial charge on any atom is -0.756 e. The maximum absolute atomic E-state index is 13.9. The van der Waals surface area contributed by atoms with E-state index in [4.69, 9.17) is 47.2 Å². The zero-order chi connectivity index (χ0) is 85.1. The summed E-state index contributed by atoms with van der Waals surface area (Å²) in [6, 6.07) is -3.45. The van der Waals surface area contributed by atoms with Crippen LogP contribution in [-0.4, -0.2) is 347 Å². The molecule has 0 spiro atoms. The van der Waals surface area contributed by atoms with Gasteiger partial charge in [-0.1, -0.05) is 12.8 Å². The number of rotatable bonds is 62. The number of carbonyl (C=O) groups is 11. The predicted octanol–water partition coefficient (Wildman–Crippen LogP) is -7.87. The van der Waals surface area contributed by atoms with Gasteiger partial charge >= 0.3 is 0 Å². The Morgan fingerprint density at radius 3 is 0.930 bits per heavy atom. The number of hydrogen-bond acceptors (Lipinski definition) is 33. The van der Waals surface area contributed by atoms with Crippen LogP contribution < -0.4 is 63.4 Å². The molecule has 3 aliphatic rings. The van der Waals surface area contributed by atoms with Gasteiger partial charge in [-0.05, 0) is 57.8 Å². The molecule has 3 heterocycles. The normalized spacial score (nSPS) is 24.3. The van der Waals surface area contributed by atoms with E-state index < -0.39 is 166 Å². The number of phosphoric ester groups is 1. The highest BCUT2D eigenvalue weighted by atomic mass is 31.2. The molecule has 45 heteroatoms. The second kappa shape index (κ2) is 58.4. The van der Waals surface area contributed by atoms with E-state index in [0.717, 1.165) is 7.11 Å². The minimum absolute atomic E-state index is 0.00659. The van der Waals surface area contributed by atoms with Gasteiger partial charge in [0.05, 0.1) is 85.9 Å². The van der Waals surface area contributed by atoms with Crippen molar-refractivity contribution < 1.29 is 160 Å². The van der Waals surface area contributed by atoms with E-state index in [1.54, 1.807) is 0 Å². The smallest absolute Gasteiger partial charge is 0.267 e. The molecule has 16 atom stereocenters. The summed E-state index contributed by atoms with van der Waals surface area (Å²) in [5.74, 6) is -4.85. The Morgan fingerprint density at radius 2 is 0.635 bits per heavy atom. The fraction of sp³-hybridized carbons (Fsp3) is 0.843. The van der Waals surface area contributed by atoms with Crippen LogP contribution in [0.4, 0.5) is 0 Å². The van der Waals surface area contributed by atoms with Gasteiger partial charge in [0.25, 0.3) is 7.82 Å². The number of aliphatic hydroxyl groups excluding tert-OH is 9. The Labute approximate surface area is 667 Å². The third-order valence-corrected chi connectivity index (χ3v) is 18.8. The largest absolute Gasteiger partial charge is 0.756 e. The van der Waals surface area contributed by atoms with Crippen molar-refractivity contribution in [1.82, 2.24) is 58.5 Å². The molecule has 115 heavy (non-hydrogen) atoms. The summed E-state index contributed by atoms with van der Waals surface area (Å²) < 4.78 is 72.1. The molecule has 44 nitrogen and oxygen atoms in total. The second-order valence-electron chi connectivity index (χ2n) is 27.7. The fourth-order valence-corrected chi connectivity index (χ4v) is 12.2. The molecule has 3 fully saturated rings. The Bertz CT molecular complexity index is 2700. The maximum Gasteiger partial charge on any atom is 0.267 e. The highest BCUT2D eigenvalue weighted by Gasteiger charge is 2.48. The van der Waals surface area contributed by atoms with Gasteiger partial charge in [-0.3, -0.25) is 57.3 Å². The van der Waals surface area contributed by atoms with E-state index in [2.05, 4.69) is 63.0 Å². The van der Waals surface area contributed by atoms with Crippen molar-refractivity contribution in [3.05, 3.63) is 0 Å². The number of amides is 11. The van der Waals surface area contributed by atoms with Crippen molar-refractivity contribution in [1.29, 1.82) is 0 Å². The molecule has 0 aromatic heterocycles. The van der Waals surface area contributed by atoms with Crippen molar-refractivity contribution in [3.8, 4) is 0 Å². The van der Waals surface area contributed by atoms with Crippen molar-refractivity contribution in [2.24, 2.45) is 0 Å². The van der Waals surface area contributed by atoms with Gasteiger partial charge < -0.3 is 161 Å². The van der Waals surface area contributed by atoms with Gasteiger partial charge in [0.15, 0.2) is 18.9 Å². The molecule has 0 aromatic rings. The fourth-order valence-electron chi connectivity index (χ4n) is 11.7. The van der Waals surface area contributed by atoms with Gasteiger partial charge in [-0.25, -0.2) is 0 Å². The molecule has 3 rings (SSSR count). The number of carbonyl (C=O) groups excluding carboxylic acids is 11. The third-order valence-electron chi connectivity index (χ3n) is 17.9. The van der Waals surface area contributed by atoms with E-state index in [0.29, 0.717) is 51.5 Å². The van der Waals surface area contributed by atoms with E-state index in [1.165, 1.54) is 20.8 Å². The summed E-state index contributed by atoms with van der Waals surface area (Å²) in [6.07, 6.45) is -13.1. The molecule has 664 valence electrons. The lowest BCUT2D eigenvalue weighted by molar-refractivity contribution is -0.270. The van der Waals surface area contributed by atoms with Crippen LogP contribution >= 0.6 is 7.82 Å². The van der Waals surface area contributed by atoms with Crippen LogP contribution in [0.1, 0.15) is 143 Å². The number of hydrogen-bond donors (Lipinski definition) is 20. The molecule has 0 radical (unpaired) electrons. The number of ether oxygens (including phenoxy) is 9. The number of unbranched alkanes of at least 4 members (excludes halogenated alkanes) is 3. The number of phosphoric acid groups is 1. The van der Waals surface area contributed by atoms with Crippen LogP contribution in [0.3, 0.4) is 0 Å². The predicted molar refractivity (Wildman–Crippen MR) is 397 cm³/mol. The van der Waals surface area contributed by atoms with Crippen LogP contribution in [0, 0.1) is 0 Å². The van der Waals surface area contributed by atoms with Crippen molar-refractivity contribution in [2.45, 2.75) is 240 Å². The Balaban J connectivity index is 1.61.